The van der Waals surface area contributed by atoms with Crippen LogP contribution in [0.5, 0.6) is 0 Å². The van der Waals surface area contributed by atoms with Gasteiger partial charge in [0, 0.05) is 37.9 Å². The average Bonchev–Trinajstić information content (AvgIpc) is 2.73. The van der Waals surface area contributed by atoms with Crippen molar-refractivity contribution < 1.29 is 4.79 Å². The minimum Gasteiger partial charge on any atom is -0.354 e. The lowest BCUT2D eigenvalue weighted by Crippen LogP contribution is -2.39. The van der Waals surface area contributed by atoms with E-state index in [0.29, 0.717) is 13.1 Å². The summed E-state index contributed by atoms with van der Waals surface area (Å²) in [6.07, 6.45) is 8.76. The molecule has 1 atom stereocenters. The third kappa shape index (κ3) is 5.99. The van der Waals surface area contributed by atoms with E-state index in [1.54, 1.807) is 18.6 Å². The second-order valence-electron chi connectivity index (χ2n) is 6.81. The van der Waals surface area contributed by atoms with E-state index in [0.717, 1.165) is 24.0 Å². The molecule has 5 nitrogen and oxygen atoms in total. The minimum atomic E-state index is -0.378. The van der Waals surface area contributed by atoms with E-state index in [2.05, 4.69) is 20.6 Å². The second kappa shape index (κ2) is 10.3. The van der Waals surface area contributed by atoms with Crippen molar-refractivity contribution in [2.45, 2.75) is 25.8 Å². The molecule has 144 valence electrons. The number of carbonyl (C=O) groups excluding carboxylic acids is 1. The van der Waals surface area contributed by atoms with Crippen LogP contribution >= 0.6 is 0 Å². The highest BCUT2D eigenvalue weighted by molar-refractivity contribution is 5.83. The Morgan fingerprint density at radius 3 is 2.36 bits per heavy atom. The molecular weight excluding hydrogens is 348 g/mol. The van der Waals surface area contributed by atoms with Gasteiger partial charge in [0.2, 0.25) is 5.91 Å². The molecule has 0 saturated heterocycles. The summed E-state index contributed by atoms with van der Waals surface area (Å²) >= 11 is 0. The summed E-state index contributed by atoms with van der Waals surface area (Å²) in [4.78, 5) is 21.0. The predicted octanol–water partition coefficient (Wildman–Crippen LogP) is 3.02. The van der Waals surface area contributed by atoms with Crippen LogP contribution in [0.1, 0.15) is 28.3 Å². The molecule has 28 heavy (non-hydrogen) atoms. The van der Waals surface area contributed by atoms with Gasteiger partial charge in [-0.1, -0.05) is 35.9 Å². The molecule has 3 aromatic rings. The molecule has 2 N–H and O–H groups in total. The number of aryl methyl sites for hydroxylation is 1. The maximum atomic E-state index is 12.9. The van der Waals surface area contributed by atoms with E-state index >= 15 is 0 Å². The molecule has 1 aromatic carbocycles. The number of nitrogens with zero attached hydrogens (tertiary/aromatic N) is 2. The van der Waals surface area contributed by atoms with Crippen LogP contribution in [0.25, 0.3) is 0 Å². The predicted molar refractivity (Wildman–Crippen MR) is 111 cm³/mol. The van der Waals surface area contributed by atoms with Crippen molar-refractivity contribution in [2.75, 3.05) is 13.1 Å². The Hall–Kier alpha value is -3.05. The van der Waals surface area contributed by atoms with Crippen LogP contribution in [0.15, 0.2) is 73.3 Å². The van der Waals surface area contributed by atoms with Gasteiger partial charge in [-0.25, -0.2) is 0 Å². The van der Waals surface area contributed by atoms with Gasteiger partial charge in [-0.15, -0.1) is 0 Å². The molecule has 5 heteroatoms. The molecule has 0 radical (unpaired) electrons. The minimum absolute atomic E-state index is 0.0116. The molecule has 0 saturated carbocycles. The molecule has 1 unspecified atom stereocenters. The zero-order valence-electron chi connectivity index (χ0n) is 16.1. The fraction of sp³-hybridized carbons (Fsp3) is 0.261. The van der Waals surface area contributed by atoms with Gasteiger partial charge in [0.15, 0.2) is 0 Å². The van der Waals surface area contributed by atoms with Crippen LogP contribution in [0.3, 0.4) is 0 Å². The quantitative estimate of drug-likeness (QED) is 0.604. The van der Waals surface area contributed by atoms with Crippen LogP contribution < -0.4 is 10.6 Å². The summed E-state index contributed by atoms with van der Waals surface area (Å²) in [6, 6.07) is 15.6. The second-order valence-corrected chi connectivity index (χ2v) is 6.81. The Labute approximate surface area is 166 Å². The van der Waals surface area contributed by atoms with Crippen molar-refractivity contribution in [3.05, 3.63) is 95.6 Å². The summed E-state index contributed by atoms with van der Waals surface area (Å²) < 4.78 is 0. The van der Waals surface area contributed by atoms with Gasteiger partial charge in [-0.2, -0.15) is 0 Å². The molecule has 0 aliphatic heterocycles. The normalized spacial score (nSPS) is 11.8. The third-order valence-corrected chi connectivity index (χ3v) is 4.62. The molecular formula is C23H26N4O. The van der Waals surface area contributed by atoms with Gasteiger partial charge < -0.3 is 10.6 Å². The number of rotatable bonds is 9. The van der Waals surface area contributed by atoms with Crippen molar-refractivity contribution in [3.63, 3.8) is 0 Å². The van der Waals surface area contributed by atoms with Crippen LogP contribution in [0.4, 0.5) is 0 Å². The molecule has 0 bridgehead atoms. The fourth-order valence-electron chi connectivity index (χ4n) is 3.01. The number of benzene rings is 1. The number of nitrogens with one attached hydrogen (secondary N) is 2. The first-order valence-electron chi connectivity index (χ1n) is 9.58. The van der Waals surface area contributed by atoms with E-state index in [-0.39, 0.29) is 11.9 Å². The van der Waals surface area contributed by atoms with E-state index < -0.39 is 0 Å². The standard InChI is InChI=1S/C23H26N4O/c1-18-4-6-21(7-5-18)22(26-15-10-19-8-13-24-14-9-19)23(28)27-16-11-20-3-2-12-25-17-20/h2-9,12-14,17,22,26H,10-11,15-16H2,1H3,(H,27,28). The third-order valence-electron chi connectivity index (χ3n) is 4.62. The van der Waals surface area contributed by atoms with E-state index in [9.17, 15) is 4.79 Å². The topological polar surface area (TPSA) is 66.9 Å². The fourth-order valence-corrected chi connectivity index (χ4v) is 3.01. The van der Waals surface area contributed by atoms with Crippen LogP contribution in [0, 0.1) is 6.92 Å². The molecule has 0 fully saturated rings. The Morgan fingerprint density at radius 2 is 1.64 bits per heavy atom. The molecule has 0 aliphatic rings. The summed E-state index contributed by atoms with van der Waals surface area (Å²) in [7, 11) is 0. The van der Waals surface area contributed by atoms with Crippen LogP contribution in [-0.4, -0.2) is 29.0 Å². The van der Waals surface area contributed by atoms with Crippen molar-refractivity contribution >= 4 is 5.91 Å². The molecule has 2 heterocycles. The Kier molecular flexibility index (Phi) is 7.27. The molecule has 3 rings (SSSR count). The molecule has 0 aliphatic carbocycles. The average molecular weight is 374 g/mol. The van der Waals surface area contributed by atoms with E-state index in [4.69, 9.17) is 0 Å². The first kappa shape index (κ1) is 19.7. The van der Waals surface area contributed by atoms with E-state index in [1.807, 2.05) is 61.7 Å². The van der Waals surface area contributed by atoms with Gasteiger partial charge in [0.25, 0.3) is 0 Å². The lowest BCUT2D eigenvalue weighted by atomic mass is 10.0. The van der Waals surface area contributed by atoms with Crippen molar-refractivity contribution in [3.8, 4) is 0 Å². The first-order valence-corrected chi connectivity index (χ1v) is 9.58. The summed E-state index contributed by atoms with van der Waals surface area (Å²) in [5.41, 5.74) is 4.46. The van der Waals surface area contributed by atoms with Crippen LogP contribution in [0.2, 0.25) is 0 Å². The van der Waals surface area contributed by atoms with E-state index in [1.165, 1.54) is 11.1 Å². The monoisotopic (exact) mass is 374 g/mol. The van der Waals surface area contributed by atoms with Gasteiger partial charge >= 0.3 is 0 Å². The summed E-state index contributed by atoms with van der Waals surface area (Å²) in [5, 5.41) is 6.46. The Bertz CT molecular complexity index is 851. The zero-order chi connectivity index (χ0) is 19.6. The van der Waals surface area contributed by atoms with Crippen molar-refractivity contribution in [1.82, 2.24) is 20.6 Å². The van der Waals surface area contributed by atoms with Crippen molar-refractivity contribution in [1.29, 1.82) is 0 Å². The number of amides is 1. The largest absolute Gasteiger partial charge is 0.354 e. The van der Waals surface area contributed by atoms with Crippen LogP contribution in [-0.2, 0) is 17.6 Å². The number of hydrogen-bond acceptors (Lipinski definition) is 4. The number of aromatic nitrogens is 2. The summed E-state index contributed by atoms with van der Waals surface area (Å²) in [6.45, 7) is 3.33. The maximum absolute atomic E-state index is 12.9. The number of hydrogen-bond donors (Lipinski definition) is 2. The highest BCUT2D eigenvalue weighted by atomic mass is 16.2. The first-order chi connectivity index (χ1) is 13.7. The van der Waals surface area contributed by atoms with Crippen molar-refractivity contribution in [2.24, 2.45) is 0 Å². The highest BCUT2D eigenvalue weighted by Crippen LogP contribution is 2.14. The SMILES string of the molecule is Cc1ccc(C(NCCc2ccncc2)C(=O)NCCc2cccnc2)cc1. The number of pyridine rings is 2. The molecule has 0 spiro atoms. The van der Waals surface area contributed by atoms with Gasteiger partial charge in [0.05, 0.1) is 0 Å². The van der Waals surface area contributed by atoms with Gasteiger partial charge in [-0.3, -0.25) is 14.8 Å². The zero-order valence-corrected chi connectivity index (χ0v) is 16.1. The molecule has 2 aromatic heterocycles. The maximum Gasteiger partial charge on any atom is 0.241 e. The van der Waals surface area contributed by atoms with Gasteiger partial charge in [-0.05, 0) is 54.7 Å². The number of carbonyl (C=O) groups is 1. The Morgan fingerprint density at radius 1 is 0.893 bits per heavy atom. The summed E-state index contributed by atoms with van der Waals surface area (Å²) in [5.74, 6) is -0.0116. The lowest BCUT2D eigenvalue weighted by molar-refractivity contribution is -0.123. The highest BCUT2D eigenvalue weighted by Gasteiger charge is 2.19. The molecule has 1 amide bonds. The lowest BCUT2D eigenvalue weighted by Gasteiger charge is -2.19. The van der Waals surface area contributed by atoms with Gasteiger partial charge in [0.1, 0.15) is 6.04 Å². The smallest absolute Gasteiger partial charge is 0.241 e. The Balaban J connectivity index is 1.59.